The summed E-state index contributed by atoms with van der Waals surface area (Å²) in [6.45, 7) is 0. The molecule has 2 aromatic carbocycles. The molecule has 0 aliphatic heterocycles. The molecule has 0 spiro atoms. The van der Waals surface area contributed by atoms with Gasteiger partial charge in [-0.15, -0.1) is 13.2 Å². The maximum Gasteiger partial charge on any atom is 0.573 e. The highest BCUT2D eigenvalue weighted by Gasteiger charge is 2.32. The Morgan fingerprint density at radius 1 is 1.00 bits per heavy atom. The summed E-state index contributed by atoms with van der Waals surface area (Å²) in [6, 6.07) is 10.4. The largest absolute Gasteiger partial charge is 0.573 e. The molecule has 0 atom stereocenters. The third kappa shape index (κ3) is 4.98. The number of urea groups is 1. The van der Waals surface area contributed by atoms with Crippen molar-refractivity contribution in [1.82, 2.24) is 5.32 Å². The normalized spacial score (nSPS) is 10.8. The highest BCUT2D eigenvalue weighted by atomic mass is 79.9. The second-order valence-corrected chi connectivity index (χ2v) is 5.29. The molecule has 9 heteroatoms. The van der Waals surface area contributed by atoms with Crippen molar-refractivity contribution in [1.29, 1.82) is 0 Å². The summed E-state index contributed by atoms with van der Waals surface area (Å²) in [7, 11) is 0. The molecular weight excluding hydrogens is 393 g/mol. The Hall–Kier alpha value is -2.55. The monoisotopic (exact) mass is 402 g/mol. The topological polar surface area (TPSA) is 67.4 Å². The minimum Gasteiger partial charge on any atom is -0.404 e. The van der Waals surface area contributed by atoms with E-state index < -0.39 is 24.1 Å². The molecule has 0 aromatic heterocycles. The lowest BCUT2D eigenvalue weighted by atomic mass is 10.2. The van der Waals surface area contributed by atoms with E-state index in [9.17, 15) is 22.8 Å². The van der Waals surface area contributed by atoms with Crippen LogP contribution in [0.25, 0.3) is 0 Å². The van der Waals surface area contributed by atoms with Crippen LogP contribution in [-0.2, 0) is 0 Å². The Kier molecular flexibility index (Phi) is 5.45. The van der Waals surface area contributed by atoms with Crippen molar-refractivity contribution in [3.8, 4) is 5.75 Å². The highest BCUT2D eigenvalue weighted by molar-refractivity contribution is 9.10. The number of imide groups is 1. The van der Waals surface area contributed by atoms with Gasteiger partial charge in [-0.2, -0.15) is 0 Å². The van der Waals surface area contributed by atoms with Crippen LogP contribution >= 0.6 is 15.9 Å². The summed E-state index contributed by atoms with van der Waals surface area (Å²) < 4.78 is 41.3. The van der Waals surface area contributed by atoms with E-state index in [1.807, 2.05) is 5.32 Å². The zero-order valence-corrected chi connectivity index (χ0v) is 13.4. The number of alkyl halides is 3. The van der Waals surface area contributed by atoms with Gasteiger partial charge in [0, 0.05) is 4.47 Å². The molecule has 0 saturated heterocycles. The standard InChI is InChI=1S/C15H10BrF3N2O3/c16-10-6-2-1-5-9(10)13(22)21-14(23)20-11-7-3-4-8-12(11)24-15(17,18)19/h1-8H,(H2,20,21,22,23). The predicted octanol–water partition coefficient (Wildman–Crippen LogP) is 4.31. The van der Waals surface area contributed by atoms with Gasteiger partial charge in [0.25, 0.3) is 5.91 Å². The van der Waals surface area contributed by atoms with Crippen LogP contribution < -0.4 is 15.4 Å². The molecule has 3 amide bonds. The molecule has 0 aliphatic carbocycles. The molecule has 2 aromatic rings. The van der Waals surface area contributed by atoms with Crippen LogP contribution in [0.1, 0.15) is 10.4 Å². The van der Waals surface area contributed by atoms with Gasteiger partial charge in [-0.25, -0.2) is 4.79 Å². The van der Waals surface area contributed by atoms with Crippen LogP contribution in [0.5, 0.6) is 5.75 Å². The number of ether oxygens (including phenoxy) is 1. The molecule has 0 unspecified atom stereocenters. The van der Waals surface area contributed by atoms with Gasteiger partial charge in [0.05, 0.1) is 11.3 Å². The Morgan fingerprint density at radius 3 is 2.29 bits per heavy atom. The molecule has 2 N–H and O–H groups in total. The van der Waals surface area contributed by atoms with Crippen molar-refractivity contribution in [2.45, 2.75) is 6.36 Å². The van der Waals surface area contributed by atoms with E-state index >= 15 is 0 Å². The zero-order chi connectivity index (χ0) is 17.7. The summed E-state index contributed by atoms with van der Waals surface area (Å²) in [5.41, 5.74) is -0.0280. The second-order valence-electron chi connectivity index (χ2n) is 4.43. The zero-order valence-electron chi connectivity index (χ0n) is 11.9. The molecule has 0 heterocycles. The maximum atomic E-state index is 12.3. The lowest BCUT2D eigenvalue weighted by Crippen LogP contribution is -2.34. The average Bonchev–Trinajstić information content (AvgIpc) is 2.48. The number of benzene rings is 2. The second kappa shape index (κ2) is 7.35. The first kappa shape index (κ1) is 17.8. The molecule has 0 radical (unpaired) electrons. The van der Waals surface area contributed by atoms with Crippen molar-refractivity contribution in [3.05, 3.63) is 58.6 Å². The van der Waals surface area contributed by atoms with Crippen molar-refractivity contribution in [2.75, 3.05) is 5.32 Å². The van der Waals surface area contributed by atoms with E-state index in [0.29, 0.717) is 4.47 Å². The number of carbonyl (C=O) groups excluding carboxylic acids is 2. The molecule has 2 rings (SSSR count). The molecule has 0 fully saturated rings. The van der Waals surface area contributed by atoms with Crippen molar-refractivity contribution in [3.63, 3.8) is 0 Å². The number of anilines is 1. The van der Waals surface area contributed by atoms with Gasteiger partial charge in [-0.3, -0.25) is 10.1 Å². The van der Waals surface area contributed by atoms with Crippen LogP contribution in [0, 0.1) is 0 Å². The molecule has 126 valence electrons. The minimum absolute atomic E-state index is 0.201. The molecule has 5 nitrogen and oxygen atoms in total. The number of rotatable bonds is 3. The third-order valence-electron chi connectivity index (χ3n) is 2.71. The van der Waals surface area contributed by atoms with Crippen molar-refractivity contribution >= 4 is 33.6 Å². The van der Waals surface area contributed by atoms with Crippen LogP contribution in [0.15, 0.2) is 53.0 Å². The number of amides is 3. The van der Waals surface area contributed by atoms with Crippen molar-refractivity contribution < 1.29 is 27.5 Å². The van der Waals surface area contributed by atoms with E-state index in [1.165, 1.54) is 24.3 Å². The number of carbonyl (C=O) groups is 2. The Bertz CT molecular complexity index is 766. The number of halogens is 4. The van der Waals surface area contributed by atoms with E-state index in [0.717, 1.165) is 6.07 Å². The van der Waals surface area contributed by atoms with Gasteiger partial charge in [0.2, 0.25) is 0 Å². The van der Waals surface area contributed by atoms with Gasteiger partial charge in [-0.05, 0) is 40.2 Å². The smallest absolute Gasteiger partial charge is 0.404 e. The summed E-state index contributed by atoms with van der Waals surface area (Å²) in [5.74, 6) is -1.30. The Morgan fingerprint density at radius 2 is 1.62 bits per heavy atom. The van der Waals surface area contributed by atoms with Crippen molar-refractivity contribution in [2.24, 2.45) is 0 Å². The summed E-state index contributed by atoms with van der Waals surface area (Å²) in [4.78, 5) is 23.8. The number of para-hydroxylation sites is 2. The van der Waals surface area contributed by atoms with Gasteiger partial charge in [-0.1, -0.05) is 24.3 Å². The lowest BCUT2D eigenvalue weighted by molar-refractivity contribution is -0.274. The van der Waals surface area contributed by atoms with E-state index in [2.05, 4.69) is 26.0 Å². The predicted molar refractivity (Wildman–Crippen MR) is 83.8 cm³/mol. The van der Waals surface area contributed by atoms with Gasteiger partial charge in [0.1, 0.15) is 0 Å². The molecule has 24 heavy (non-hydrogen) atoms. The van der Waals surface area contributed by atoms with Gasteiger partial charge < -0.3 is 10.1 Å². The molecule has 0 saturated carbocycles. The van der Waals surface area contributed by atoms with Crippen LogP contribution in [0.4, 0.5) is 23.7 Å². The van der Waals surface area contributed by atoms with E-state index in [1.54, 1.807) is 18.2 Å². The highest BCUT2D eigenvalue weighted by Crippen LogP contribution is 2.29. The minimum atomic E-state index is -4.90. The van der Waals surface area contributed by atoms with Gasteiger partial charge >= 0.3 is 12.4 Å². The number of hydrogen-bond acceptors (Lipinski definition) is 3. The first-order valence-corrected chi connectivity index (χ1v) is 7.27. The van der Waals surface area contributed by atoms with Crippen LogP contribution in [0.2, 0.25) is 0 Å². The number of nitrogens with one attached hydrogen (secondary N) is 2. The quantitative estimate of drug-likeness (QED) is 0.803. The van der Waals surface area contributed by atoms with E-state index in [4.69, 9.17) is 0 Å². The fourth-order valence-electron chi connectivity index (χ4n) is 1.75. The lowest BCUT2D eigenvalue weighted by Gasteiger charge is -2.14. The Balaban J connectivity index is 2.08. The van der Waals surface area contributed by atoms with E-state index in [-0.39, 0.29) is 11.3 Å². The fourth-order valence-corrected chi connectivity index (χ4v) is 2.22. The molecular formula is C15H10BrF3N2O3. The summed E-state index contributed by atoms with van der Waals surface area (Å²) in [6.07, 6.45) is -4.90. The molecule has 0 bridgehead atoms. The number of hydrogen-bond donors (Lipinski definition) is 2. The third-order valence-corrected chi connectivity index (χ3v) is 3.40. The summed E-state index contributed by atoms with van der Waals surface area (Å²) in [5, 5.41) is 4.16. The fraction of sp³-hybridized carbons (Fsp3) is 0.0667. The van der Waals surface area contributed by atoms with Crippen LogP contribution in [-0.4, -0.2) is 18.3 Å². The SMILES string of the molecule is O=C(NC(=O)c1ccccc1Br)Nc1ccccc1OC(F)(F)F. The summed E-state index contributed by atoms with van der Waals surface area (Å²) >= 11 is 3.16. The first-order chi connectivity index (χ1) is 11.3. The maximum absolute atomic E-state index is 12.3. The first-order valence-electron chi connectivity index (χ1n) is 6.48. The van der Waals surface area contributed by atoms with Gasteiger partial charge in [0.15, 0.2) is 5.75 Å². The Labute approximate surface area is 142 Å². The molecule has 0 aliphatic rings. The van der Waals surface area contributed by atoms with Crippen LogP contribution in [0.3, 0.4) is 0 Å². The average molecular weight is 403 g/mol.